The number of nitrogens with zero attached hydrogens (tertiary/aromatic N) is 1. The smallest absolute Gasteiger partial charge is 0.198 e. The molecule has 0 bridgehead atoms. The van der Waals surface area contributed by atoms with E-state index in [1.165, 1.54) is 12.5 Å². The van der Waals surface area contributed by atoms with Gasteiger partial charge in [0.15, 0.2) is 17.3 Å². The average molecular weight is 264 g/mol. The van der Waals surface area contributed by atoms with Crippen LogP contribution in [0.15, 0.2) is 41.1 Å². The fraction of sp³-hybridized carbons (Fsp3) is 0.154. The summed E-state index contributed by atoms with van der Waals surface area (Å²) in [6.07, 6.45) is 3.06. The van der Waals surface area contributed by atoms with Crippen molar-refractivity contribution in [2.45, 2.75) is 12.8 Å². The van der Waals surface area contributed by atoms with Crippen molar-refractivity contribution in [3.05, 3.63) is 53.2 Å². The Morgan fingerprint density at radius 3 is 2.61 bits per heavy atom. The predicted molar refractivity (Wildman–Crippen MR) is 65.9 cm³/mol. The van der Waals surface area contributed by atoms with Crippen molar-refractivity contribution in [3.8, 4) is 0 Å². The van der Waals surface area contributed by atoms with Gasteiger partial charge >= 0.3 is 0 Å². The number of ketones is 2. The maximum Gasteiger partial charge on any atom is 0.198 e. The van der Waals surface area contributed by atoms with E-state index in [1.807, 2.05) is 0 Å². The van der Waals surface area contributed by atoms with Crippen molar-refractivity contribution >= 4 is 23.2 Å². The maximum atomic E-state index is 11.8. The lowest BCUT2D eigenvalue weighted by molar-refractivity contribution is 0.0900. The van der Waals surface area contributed by atoms with Crippen LogP contribution in [0.2, 0.25) is 5.02 Å². The molecule has 2 aromatic heterocycles. The molecule has 2 heterocycles. The van der Waals surface area contributed by atoms with Gasteiger partial charge in [-0.15, -0.1) is 0 Å². The molecule has 0 unspecified atom stereocenters. The molecular weight excluding hydrogens is 254 g/mol. The molecule has 0 aliphatic carbocycles. The number of furan rings is 1. The van der Waals surface area contributed by atoms with Gasteiger partial charge in [0.25, 0.3) is 0 Å². The minimum absolute atomic E-state index is 0.0657. The summed E-state index contributed by atoms with van der Waals surface area (Å²) in [4.78, 5) is 27.3. The normalized spacial score (nSPS) is 10.3. The average Bonchev–Trinajstić information content (AvgIpc) is 2.90. The minimum atomic E-state index is -0.250. The van der Waals surface area contributed by atoms with Crippen LogP contribution in [0.1, 0.15) is 33.9 Å². The number of aromatic nitrogens is 1. The predicted octanol–water partition coefficient (Wildman–Crippen LogP) is 3.17. The number of hydrogen-bond acceptors (Lipinski definition) is 4. The van der Waals surface area contributed by atoms with Gasteiger partial charge in [0.1, 0.15) is 5.69 Å². The molecule has 2 aromatic rings. The zero-order valence-electron chi connectivity index (χ0n) is 9.43. The second-order valence-corrected chi connectivity index (χ2v) is 4.06. The van der Waals surface area contributed by atoms with E-state index in [4.69, 9.17) is 16.0 Å². The van der Waals surface area contributed by atoms with E-state index in [0.717, 1.165) is 0 Å². The number of Topliss-reactive ketones (excluding diaryl/α,β-unsaturated/α-hetero) is 2. The van der Waals surface area contributed by atoms with Crippen LogP contribution in [0.4, 0.5) is 0 Å². The molecule has 0 N–H and O–H groups in total. The highest BCUT2D eigenvalue weighted by molar-refractivity contribution is 6.33. The number of pyridine rings is 1. The maximum absolute atomic E-state index is 11.8. The second kappa shape index (κ2) is 5.60. The van der Waals surface area contributed by atoms with Crippen LogP contribution < -0.4 is 0 Å². The molecule has 0 saturated carbocycles. The molecule has 2 rings (SSSR count). The van der Waals surface area contributed by atoms with Crippen LogP contribution in [-0.4, -0.2) is 16.6 Å². The summed E-state index contributed by atoms with van der Waals surface area (Å²) >= 11 is 5.85. The topological polar surface area (TPSA) is 60.2 Å². The van der Waals surface area contributed by atoms with Crippen molar-refractivity contribution in [1.82, 2.24) is 4.98 Å². The van der Waals surface area contributed by atoms with E-state index in [1.54, 1.807) is 24.3 Å². The molecule has 5 heteroatoms. The van der Waals surface area contributed by atoms with Gasteiger partial charge in [-0.3, -0.25) is 14.6 Å². The third-order valence-electron chi connectivity index (χ3n) is 2.40. The third-order valence-corrected chi connectivity index (χ3v) is 2.70. The van der Waals surface area contributed by atoms with Crippen LogP contribution in [0, 0.1) is 0 Å². The summed E-state index contributed by atoms with van der Waals surface area (Å²) in [5.41, 5.74) is 0.200. The SMILES string of the molecule is O=C(CCC(=O)c1ncccc1Cl)c1ccco1. The van der Waals surface area contributed by atoms with Crippen LogP contribution in [0.25, 0.3) is 0 Å². The molecule has 0 spiro atoms. The Morgan fingerprint density at radius 1 is 1.17 bits per heavy atom. The summed E-state index contributed by atoms with van der Waals surface area (Å²) in [5.74, 6) is -0.198. The molecule has 0 aliphatic heterocycles. The zero-order valence-corrected chi connectivity index (χ0v) is 10.2. The first-order valence-corrected chi connectivity index (χ1v) is 5.76. The molecule has 0 aliphatic rings. The molecule has 92 valence electrons. The van der Waals surface area contributed by atoms with Gasteiger partial charge in [-0.05, 0) is 24.3 Å². The Balaban J connectivity index is 1.97. The molecule has 18 heavy (non-hydrogen) atoms. The molecule has 0 radical (unpaired) electrons. The Labute approximate surface area is 109 Å². The first kappa shape index (κ1) is 12.5. The van der Waals surface area contributed by atoms with Gasteiger partial charge in [-0.1, -0.05) is 11.6 Å². The van der Waals surface area contributed by atoms with Crippen LogP contribution in [0.5, 0.6) is 0 Å². The van der Waals surface area contributed by atoms with E-state index in [-0.39, 0.29) is 35.9 Å². The monoisotopic (exact) mass is 263 g/mol. The molecule has 0 aromatic carbocycles. The standard InChI is InChI=1S/C13H10ClNO3/c14-9-3-1-7-15-13(9)11(17)6-5-10(16)12-4-2-8-18-12/h1-4,7-8H,5-6H2. The van der Waals surface area contributed by atoms with Gasteiger partial charge in [0.2, 0.25) is 0 Å². The summed E-state index contributed by atoms with van der Waals surface area (Å²) in [7, 11) is 0. The Bertz CT molecular complexity index is 563. The Morgan fingerprint density at radius 2 is 1.94 bits per heavy atom. The number of halogens is 1. The van der Waals surface area contributed by atoms with Crippen molar-refractivity contribution in [1.29, 1.82) is 0 Å². The van der Waals surface area contributed by atoms with Gasteiger partial charge in [-0.25, -0.2) is 0 Å². The number of rotatable bonds is 5. The van der Waals surface area contributed by atoms with Gasteiger partial charge in [-0.2, -0.15) is 0 Å². The molecule has 4 nitrogen and oxygen atoms in total. The summed E-state index contributed by atoms with van der Waals surface area (Å²) in [5, 5.41) is 0.299. The lowest BCUT2D eigenvalue weighted by Gasteiger charge is -2.01. The van der Waals surface area contributed by atoms with E-state index < -0.39 is 0 Å². The minimum Gasteiger partial charge on any atom is -0.461 e. The first-order chi connectivity index (χ1) is 8.68. The van der Waals surface area contributed by atoms with E-state index in [0.29, 0.717) is 5.02 Å². The number of carbonyl (C=O) groups excluding carboxylic acids is 2. The summed E-state index contributed by atoms with van der Waals surface area (Å²) in [6, 6.07) is 6.44. The second-order valence-electron chi connectivity index (χ2n) is 3.66. The van der Waals surface area contributed by atoms with Crippen molar-refractivity contribution in [2.24, 2.45) is 0 Å². The fourth-order valence-electron chi connectivity index (χ4n) is 1.50. The van der Waals surface area contributed by atoms with Crippen LogP contribution in [-0.2, 0) is 0 Å². The van der Waals surface area contributed by atoms with E-state index >= 15 is 0 Å². The molecular formula is C13H10ClNO3. The lowest BCUT2D eigenvalue weighted by atomic mass is 10.1. The first-order valence-electron chi connectivity index (χ1n) is 5.39. The third kappa shape index (κ3) is 2.84. The van der Waals surface area contributed by atoms with Crippen molar-refractivity contribution in [3.63, 3.8) is 0 Å². The van der Waals surface area contributed by atoms with Gasteiger partial charge in [0.05, 0.1) is 11.3 Å². The molecule has 0 atom stereocenters. The lowest BCUT2D eigenvalue weighted by Crippen LogP contribution is -2.06. The Kier molecular flexibility index (Phi) is 3.89. The van der Waals surface area contributed by atoms with Crippen molar-refractivity contribution < 1.29 is 14.0 Å². The number of carbonyl (C=O) groups is 2. The van der Waals surface area contributed by atoms with Gasteiger partial charge in [0, 0.05) is 19.0 Å². The Hall–Kier alpha value is -1.94. The zero-order chi connectivity index (χ0) is 13.0. The van der Waals surface area contributed by atoms with Crippen molar-refractivity contribution in [2.75, 3.05) is 0 Å². The molecule has 0 saturated heterocycles. The quantitative estimate of drug-likeness (QED) is 0.778. The highest BCUT2D eigenvalue weighted by Crippen LogP contribution is 2.15. The van der Waals surface area contributed by atoms with Gasteiger partial charge < -0.3 is 4.42 Å². The van der Waals surface area contributed by atoms with E-state index in [2.05, 4.69) is 4.98 Å². The summed E-state index contributed by atoms with van der Waals surface area (Å²) in [6.45, 7) is 0. The largest absolute Gasteiger partial charge is 0.461 e. The number of hydrogen-bond donors (Lipinski definition) is 0. The molecule has 0 amide bonds. The fourth-order valence-corrected chi connectivity index (χ4v) is 1.72. The highest BCUT2D eigenvalue weighted by atomic mass is 35.5. The highest BCUT2D eigenvalue weighted by Gasteiger charge is 2.15. The van der Waals surface area contributed by atoms with Crippen LogP contribution in [0.3, 0.4) is 0 Å². The molecule has 0 fully saturated rings. The summed E-state index contributed by atoms with van der Waals surface area (Å²) < 4.78 is 4.95. The van der Waals surface area contributed by atoms with E-state index in [9.17, 15) is 9.59 Å². The van der Waals surface area contributed by atoms with Crippen LogP contribution >= 0.6 is 11.6 Å².